The van der Waals surface area contributed by atoms with Gasteiger partial charge in [0.1, 0.15) is 4.88 Å². The predicted octanol–water partition coefficient (Wildman–Crippen LogP) is 1.05. The summed E-state index contributed by atoms with van der Waals surface area (Å²) in [5, 5.41) is 9.48. The molecule has 1 aromatic rings. The first-order valence-corrected chi connectivity index (χ1v) is 5.86. The number of aliphatic hydroxyl groups excluding tert-OH is 1. The van der Waals surface area contributed by atoms with Crippen molar-refractivity contribution in [2.45, 2.75) is 32.4 Å². The van der Waals surface area contributed by atoms with Crippen molar-refractivity contribution < 1.29 is 9.90 Å². The lowest BCUT2D eigenvalue weighted by Crippen LogP contribution is -2.34. The number of hydrogen-bond acceptors (Lipinski definition) is 4. The number of aryl methyl sites for hydroxylation is 1. The van der Waals surface area contributed by atoms with Gasteiger partial charge < -0.3 is 10.0 Å². The second kappa shape index (κ2) is 3.90. The number of carbonyl (C=O) groups excluding carboxylic acids is 1. The molecule has 2 heterocycles. The molecule has 5 heteroatoms. The van der Waals surface area contributed by atoms with Crippen LogP contribution < -0.4 is 0 Å². The third-order valence-electron chi connectivity index (χ3n) is 2.75. The van der Waals surface area contributed by atoms with Gasteiger partial charge in [0.05, 0.1) is 17.3 Å². The summed E-state index contributed by atoms with van der Waals surface area (Å²) in [5.74, 6) is -0.000880. The minimum absolute atomic E-state index is 0.000880. The number of hydrogen-bond donors (Lipinski definition) is 1. The summed E-state index contributed by atoms with van der Waals surface area (Å²) in [6, 6.07) is 0.119. The van der Waals surface area contributed by atoms with Crippen LogP contribution in [-0.4, -0.2) is 39.6 Å². The van der Waals surface area contributed by atoms with E-state index in [-0.39, 0.29) is 18.1 Å². The Morgan fingerprint density at radius 2 is 2.47 bits per heavy atom. The van der Waals surface area contributed by atoms with Gasteiger partial charge in [-0.15, -0.1) is 11.3 Å². The number of aromatic nitrogens is 1. The maximum Gasteiger partial charge on any atom is 0.266 e. The molecule has 0 aliphatic carbocycles. The fraction of sp³-hybridized carbons (Fsp3) is 0.600. The van der Waals surface area contributed by atoms with Crippen molar-refractivity contribution in [1.29, 1.82) is 0 Å². The van der Waals surface area contributed by atoms with E-state index in [4.69, 9.17) is 0 Å². The molecule has 0 aromatic carbocycles. The van der Waals surface area contributed by atoms with E-state index in [1.807, 2.05) is 13.8 Å². The molecule has 2 atom stereocenters. The van der Waals surface area contributed by atoms with Crippen LogP contribution in [0.15, 0.2) is 5.51 Å². The number of carbonyl (C=O) groups is 1. The molecular formula is C10H14N2O2S. The third kappa shape index (κ3) is 1.89. The van der Waals surface area contributed by atoms with Crippen LogP contribution in [-0.2, 0) is 0 Å². The zero-order valence-electron chi connectivity index (χ0n) is 8.80. The molecule has 0 unspecified atom stereocenters. The molecule has 1 aliphatic heterocycles. The lowest BCUT2D eigenvalue weighted by atomic mass is 10.2. The van der Waals surface area contributed by atoms with Crippen molar-refractivity contribution in [2.75, 3.05) is 6.54 Å². The molecule has 1 aliphatic rings. The fourth-order valence-electron chi connectivity index (χ4n) is 1.92. The van der Waals surface area contributed by atoms with Gasteiger partial charge in [-0.1, -0.05) is 0 Å². The van der Waals surface area contributed by atoms with Gasteiger partial charge in [-0.25, -0.2) is 4.98 Å². The summed E-state index contributed by atoms with van der Waals surface area (Å²) in [6.07, 6.45) is 0.293. The molecule has 82 valence electrons. The SMILES string of the molecule is Cc1ncsc1C(=O)N1C[C@H](O)C[C@H]1C. The van der Waals surface area contributed by atoms with Crippen LogP contribution in [0.25, 0.3) is 0 Å². The summed E-state index contributed by atoms with van der Waals surface area (Å²) in [4.78, 5) is 18.5. The Hall–Kier alpha value is -0.940. The largest absolute Gasteiger partial charge is 0.391 e. The van der Waals surface area contributed by atoms with E-state index in [0.29, 0.717) is 17.8 Å². The Labute approximate surface area is 92.6 Å². The summed E-state index contributed by atoms with van der Waals surface area (Å²) in [5.41, 5.74) is 2.46. The molecule has 1 amide bonds. The van der Waals surface area contributed by atoms with Crippen molar-refractivity contribution in [3.8, 4) is 0 Å². The maximum atomic E-state index is 12.1. The Morgan fingerprint density at radius 3 is 2.93 bits per heavy atom. The van der Waals surface area contributed by atoms with Crippen LogP contribution in [0.4, 0.5) is 0 Å². The highest BCUT2D eigenvalue weighted by Crippen LogP contribution is 2.23. The Kier molecular flexibility index (Phi) is 2.75. The highest BCUT2D eigenvalue weighted by molar-refractivity contribution is 7.11. The first-order chi connectivity index (χ1) is 7.09. The molecule has 4 nitrogen and oxygen atoms in total. The van der Waals surface area contributed by atoms with E-state index in [2.05, 4.69) is 4.98 Å². The summed E-state index contributed by atoms with van der Waals surface area (Å²) >= 11 is 1.36. The molecule has 0 bridgehead atoms. The van der Waals surface area contributed by atoms with Crippen LogP contribution in [0, 0.1) is 6.92 Å². The van der Waals surface area contributed by atoms with E-state index in [1.54, 1.807) is 10.4 Å². The quantitative estimate of drug-likeness (QED) is 0.778. The van der Waals surface area contributed by atoms with E-state index in [0.717, 1.165) is 5.69 Å². The summed E-state index contributed by atoms with van der Waals surface area (Å²) in [7, 11) is 0. The molecule has 0 saturated carbocycles. The van der Waals surface area contributed by atoms with E-state index < -0.39 is 0 Å². The number of β-amino-alcohol motifs (C(OH)–C–C–N with tert-alkyl or cyclic N) is 1. The van der Waals surface area contributed by atoms with Gasteiger partial charge >= 0.3 is 0 Å². The van der Waals surface area contributed by atoms with Crippen LogP contribution in [0.5, 0.6) is 0 Å². The number of aliphatic hydroxyl groups is 1. The van der Waals surface area contributed by atoms with Crippen LogP contribution in [0.1, 0.15) is 28.7 Å². The van der Waals surface area contributed by atoms with Crippen LogP contribution in [0.3, 0.4) is 0 Å². The van der Waals surface area contributed by atoms with Crippen molar-refractivity contribution in [3.63, 3.8) is 0 Å². The van der Waals surface area contributed by atoms with Gasteiger partial charge in [0.2, 0.25) is 0 Å². The van der Waals surface area contributed by atoms with E-state index in [1.165, 1.54) is 11.3 Å². The zero-order chi connectivity index (χ0) is 11.0. The molecule has 0 radical (unpaired) electrons. The molecule has 1 aromatic heterocycles. The van der Waals surface area contributed by atoms with Crippen LogP contribution in [0.2, 0.25) is 0 Å². The molecule has 2 rings (SSSR count). The van der Waals surface area contributed by atoms with E-state index >= 15 is 0 Å². The summed E-state index contributed by atoms with van der Waals surface area (Å²) in [6.45, 7) is 4.24. The Balaban J connectivity index is 2.19. The Morgan fingerprint density at radius 1 is 1.73 bits per heavy atom. The Bertz CT molecular complexity index is 377. The third-order valence-corrected chi connectivity index (χ3v) is 3.67. The summed E-state index contributed by atoms with van der Waals surface area (Å²) < 4.78 is 0. The highest BCUT2D eigenvalue weighted by Gasteiger charge is 2.32. The molecule has 1 saturated heterocycles. The van der Waals surface area contributed by atoms with Crippen molar-refractivity contribution in [1.82, 2.24) is 9.88 Å². The zero-order valence-corrected chi connectivity index (χ0v) is 9.62. The first kappa shape index (κ1) is 10.6. The minimum atomic E-state index is -0.378. The average molecular weight is 226 g/mol. The van der Waals surface area contributed by atoms with Gasteiger partial charge in [-0.2, -0.15) is 0 Å². The van der Waals surface area contributed by atoms with Crippen LogP contribution >= 0.6 is 11.3 Å². The normalized spacial score (nSPS) is 25.9. The van der Waals surface area contributed by atoms with Crippen molar-refractivity contribution in [2.24, 2.45) is 0 Å². The average Bonchev–Trinajstić information content (AvgIpc) is 2.71. The molecular weight excluding hydrogens is 212 g/mol. The monoisotopic (exact) mass is 226 g/mol. The number of thiazole rings is 1. The smallest absolute Gasteiger partial charge is 0.266 e. The number of likely N-dealkylation sites (tertiary alicyclic amines) is 1. The fourth-order valence-corrected chi connectivity index (χ4v) is 2.68. The molecule has 0 spiro atoms. The van der Waals surface area contributed by atoms with Gasteiger partial charge in [-0.05, 0) is 20.3 Å². The second-order valence-electron chi connectivity index (χ2n) is 3.96. The predicted molar refractivity (Wildman–Crippen MR) is 58.0 cm³/mol. The van der Waals surface area contributed by atoms with E-state index in [9.17, 15) is 9.90 Å². The van der Waals surface area contributed by atoms with Gasteiger partial charge in [0, 0.05) is 12.6 Å². The van der Waals surface area contributed by atoms with Gasteiger partial charge in [-0.3, -0.25) is 4.79 Å². The number of nitrogens with zero attached hydrogens (tertiary/aromatic N) is 2. The lowest BCUT2D eigenvalue weighted by molar-refractivity contribution is 0.0730. The molecule has 1 N–H and O–H groups in total. The minimum Gasteiger partial charge on any atom is -0.391 e. The van der Waals surface area contributed by atoms with Gasteiger partial charge in [0.25, 0.3) is 5.91 Å². The van der Waals surface area contributed by atoms with Crippen molar-refractivity contribution >= 4 is 17.2 Å². The standard InChI is InChI=1S/C10H14N2O2S/c1-6-3-8(13)4-12(6)10(14)9-7(2)11-5-15-9/h5-6,8,13H,3-4H2,1-2H3/t6-,8-/m1/s1. The molecule has 15 heavy (non-hydrogen) atoms. The highest BCUT2D eigenvalue weighted by atomic mass is 32.1. The van der Waals surface area contributed by atoms with Gasteiger partial charge in [0.15, 0.2) is 0 Å². The number of amides is 1. The first-order valence-electron chi connectivity index (χ1n) is 4.98. The molecule has 1 fully saturated rings. The second-order valence-corrected chi connectivity index (χ2v) is 4.82. The lowest BCUT2D eigenvalue weighted by Gasteiger charge is -2.20. The van der Waals surface area contributed by atoms with Crippen molar-refractivity contribution in [3.05, 3.63) is 16.1 Å². The maximum absolute atomic E-state index is 12.1. The number of rotatable bonds is 1. The topological polar surface area (TPSA) is 53.4 Å².